The average molecular weight is 1080 g/mol. The van der Waals surface area contributed by atoms with Gasteiger partial charge in [0, 0.05) is 12.8 Å². The van der Waals surface area contributed by atoms with E-state index in [0.29, 0.717) is 17.4 Å². The van der Waals surface area contributed by atoms with Crippen LogP contribution >= 0.6 is 7.82 Å². The number of rotatable bonds is 55. The number of esters is 2. The van der Waals surface area contributed by atoms with E-state index in [9.17, 15) is 19.0 Å². The molecule has 0 radical (unpaired) electrons. The molecule has 0 aromatic heterocycles. The largest absolute Gasteiger partial charge is 0.472 e. The first-order valence-corrected chi connectivity index (χ1v) is 32.1. The summed E-state index contributed by atoms with van der Waals surface area (Å²) >= 11 is 0. The van der Waals surface area contributed by atoms with E-state index in [4.69, 9.17) is 18.5 Å². The van der Waals surface area contributed by atoms with E-state index in [2.05, 4.69) is 123 Å². The van der Waals surface area contributed by atoms with Crippen molar-refractivity contribution in [3.63, 3.8) is 0 Å². The van der Waals surface area contributed by atoms with Crippen molar-refractivity contribution in [2.75, 3.05) is 47.5 Å². The maximum Gasteiger partial charge on any atom is 0.472 e. The fourth-order valence-electron chi connectivity index (χ4n) is 8.08. The fourth-order valence-corrected chi connectivity index (χ4v) is 8.83. The lowest BCUT2D eigenvalue weighted by Gasteiger charge is -2.24. The number of phosphoric ester groups is 1. The van der Waals surface area contributed by atoms with Crippen LogP contribution in [0.5, 0.6) is 0 Å². The van der Waals surface area contributed by atoms with Crippen molar-refractivity contribution in [2.24, 2.45) is 0 Å². The number of hydrogen-bond donors (Lipinski definition) is 1. The number of allylic oxidation sites excluding steroid dienone is 18. The minimum Gasteiger partial charge on any atom is -0.462 e. The summed E-state index contributed by atoms with van der Waals surface area (Å²) in [6.45, 7) is 4.29. The van der Waals surface area contributed by atoms with Crippen LogP contribution in [-0.2, 0) is 32.7 Å². The van der Waals surface area contributed by atoms with Crippen LogP contribution in [0.2, 0.25) is 0 Å². The molecule has 0 aliphatic rings. The van der Waals surface area contributed by atoms with Gasteiger partial charge in [0.2, 0.25) is 0 Å². The molecule has 10 heteroatoms. The summed E-state index contributed by atoms with van der Waals surface area (Å²) in [6.07, 6.45) is 78.7. The van der Waals surface area contributed by atoms with Crippen LogP contribution < -0.4 is 0 Å². The van der Waals surface area contributed by atoms with Crippen molar-refractivity contribution in [2.45, 2.75) is 251 Å². The Morgan fingerprint density at radius 2 is 0.750 bits per heavy atom. The molecule has 2 unspecified atom stereocenters. The molecule has 0 spiro atoms. The first-order chi connectivity index (χ1) is 37.0. The third-order valence-corrected chi connectivity index (χ3v) is 13.8. The van der Waals surface area contributed by atoms with Crippen LogP contribution in [0.4, 0.5) is 0 Å². The van der Waals surface area contributed by atoms with Crippen molar-refractivity contribution >= 4 is 19.8 Å². The molecule has 1 N–H and O–H groups in total. The zero-order chi connectivity index (χ0) is 55.6. The minimum absolute atomic E-state index is 0.0241. The van der Waals surface area contributed by atoms with Gasteiger partial charge in [0.15, 0.2) is 6.10 Å². The molecule has 0 heterocycles. The van der Waals surface area contributed by atoms with Gasteiger partial charge in [-0.3, -0.25) is 18.6 Å². The summed E-state index contributed by atoms with van der Waals surface area (Å²) in [5.74, 6) is -0.817. The van der Waals surface area contributed by atoms with Crippen molar-refractivity contribution in [1.29, 1.82) is 0 Å². The van der Waals surface area contributed by atoms with Crippen molar-refractivity contribution in [1.82, 2.24) is 0 Å². The second-order valence-corrected chi connectivity index (χ2v) is 22.8. The van der Waals surface area contributed by atoms with Gasteiger partial charge in [-0.25, -0.2) is 4.57 Å². The Balaban J connectivity index is 4.17. The standard InChI is InChI=1S/C66H114NO8P/c1-6-8-10-12-14-16-18-20-22-24-26-28-29-30-31-32-33-34-35-36-37-39-41-43-45-47-49-51-53-55-57-59-66(69)75-64(63-74-76(70,71)73-61-60-67(3,4)5)62-72-65(68)58-56-54-52-50-48-46-44-42-40-38-27-25-23-21-19-17-15-13-11-9-7-2/h8,10,14,16,19-22,25-28,30-31,33-34,40,42,64H,6-7,9,11-13,15,17-18,23-24,29,32,35-39,41,43-63H2,1-5H3/p+1/b10-8-,16-14-,21-19-,22-20-,27-25-,28-26-,31-30-,34-33-,42-40-. The molecule has 0 rings (SSSR count). The van der Waals surface area contributed by atoms with Gasteiger partial charge in [-0.05, 0) is 103 Å². The number of likely N-dealkylation sites (N-methyl/N-ethyl adjacent to an activating group) is 1. The summed E-state index contributed by atoms with van der Waals surface area (Å²) < 4.78 is 34.6. The molecule has 0 amide bonds. The first-order valence-electron chi connectivity index (χ1n) is 30.6. The zero-order valence-corrected chi connectivity index (χ0v) is 50.3. The third-order valence-electron chi connectivity index (χ3n) is 12.8. The molecular weight excluding hydrogens is 966 g/mol. The van der Waals surface area contributed by atoms with E-state index < -0.39 is 26.5 Å². The van der Waals surface area contributed by atoms with Crippen LogP contribution in [0.15, 0.2) is 109 Å². The van der Waals surface area contributed by atoms with Gasteiger partial charge < -0.3 is 18.9 Å². The van der Waals surface area contributed by atoms with Gasteiger partial charge in [0.05, 0.1) is 27.7 Å². The molecular formula is C66H115NO8P+. The molecule has 0 bridgehead atoms. The van der Waals surface area contributed by atoms with Gasteiger partial charge in [-0.2, -0.15) is 0 Å². The van der Waals surface area contributed by atoms with E-state index in [1.165, 1.54) is 109 Å². The van der Waals surface area contributed by atoms with Crippen LogP contribution in [0, 0.1) is 0 Å². The van der Waals surface area contributed by atoms with Crippen LogP contribution in [-0.4, -0.2) is 74.9 Å². The summed E-state index contributed by atoms with van der Waals surface area (Å²) in [7, 11) is 1.46. The highest BCUT2D eigenvalue weighted by molar-refractivity contribution is 7.47. The fraction of sp³-hybridized carbons (Fsp3) is 0.697. The normalized spacial score (nSPS) is 14.0. The summed E-state index contributed by atoms with van der Waals surface area (Å²) in [5, 5.41) is 0. The van der Waals surface area contributed by atoms with Gasteiger partial charge in [-0.15, -0.1) is 0 Å². The lowest BCUT2D eigenvalue weighted by Crippen LogP contribution is -2.37. The molecule has 436 valence electrons. The van der Waals surface area contributed by atoms with Crippen LogP contribution in [0.1, 0.15) is 245 Å². The third kappa shape index (κ3) is 59.9. The molecule has 0 saturated heterocycles. The number of phosphoric acid groups is 1. The molecule has 2 atom stereocenters. The van der Waals surface area contributed by atoms with Crippen molar-refractivity contribution in [3.05, 3.63) is 109 Å². The van der Waals surface area contributed by atoms with Gasteiger partial charge in [0.1, 0.15) is 19.8 Å². The number of carbonyl (C=O) groups is 2. The molecule has 0 aliphatic heterocycles. The predicted octanol–water partition coefficient (Wildman–Crippen LogP) is 19.4. The van der Waals surface area contributed by atoms with Gasteiger partial charge in [-0.1, -0.05) is 239 Å². The summed E-state index contributed by atoms with van der Waals surface area (Å²) in [4.78, 5) is 35.7. The second-order valence-electron chi connectivity index (χ2n) is 21.4. The first kappa shape index (κ1) is 72.7. The minimum atomic E-state index is -4.40. The highest BCUT2D eigenvalue weighted by Crippen LogP contribution is 2.43. The van der Waals surface area contributed by atoms with Gasteiger partial charge in [0.25, 0.3) is 0 Å². The Hall–Kier alpha value is -3.33. The maximum atomic E-state index is 12.8. The molecule has 76 heavy (non-hydrogen) atoms. The lowest BCUT2D eigenvalue weighted by molar-refractivity contribution is -0.870. The molecule has 0 saturated carbocycles. The number of hydrogen-bond acceptors (Lipinski definition) is 7. The van der Waals surface area contributed by atoms with E-state index in [0.717, 1.165) is 103 Å². The number of unbranched alkanes of at least 4 members (excludes halogenated alkanes) is 23. The lowest BCUT2D eigenvalue weighted by atomic mass is 10.0. The zero-order valence-electron chi connectivity index (χ0n) is 49.5. The SMILES string of the molecule is CC/C=C\C/C=C\C/C=C\C/C=C\C/C=C\C/C=C\CCCCCCCCCCCCCCC(=O)OC(COC(=O)CCCCCCCC/C=C\C/C=C\C/C=C\CCCCCCC)COP(=O)(O)OCC[N+](C)(C)C. The van der Waals surface area contributed by atoms with E-state index in [1.54, 1.807) is 0 Å². The number of ether oxygens (including phenoxy) is 2. The topological polar surface area (TPSA) is 108 Å². The molecule has 0 aromatic rings. The van der Waals surface area contributed by atoms with Crippen LogP contribution in [0.25, 0.3) is 0 Å². The Morgan fingerprint density at radius 1 is 0.421 bits per heavy atom. The number of quaternary nitrogens is 1. The molecule has 0 fully saturated rings. The average Bonchev–Trinajstić information content (AvgIpc) is 3.38. The van der Waals surface area contributed by atoms with E-state index in [-0.39, 0.29) is 32.0 Å². The molecule has 0 aliphatic carbocycles. The van der Waals surface area contributed by atoms with Gasteiger partial charge >= 0.3 is 19.8 Å². The predicted molar refractivity (Wildman–Crippen MR) is 325 cm³/mol. The Morgan fingerprint density at radius 3 is 1.12 bits per heavy atom. The smallest absolute Gasteiger partial charge is 0.462 e. The number of carbonyl (C=O) groups excluding carboxylic acids is 2. The summed E-state index contributed by atoms with van der Waals surface area (Å²) in [6, 6.07) is 0. The maximum absolute atomic E-state index is 12.8. The van der Waals surface area contributed by atoms with Crippen molar-refractivity contribution in [3.8, 4) is 0 Å². The Bertz CT molecular complexity index is 1650. The number of nitrogens with zero attached hydrogens (tertiary/aromatic N) is 1. The highest BCUT2D eigenvalue weighted by atomic mass is 31.2. The van der Waals surface area contributed by atoms with E-state index in [1.807, 2.05) is 21.1 Å². The molecule has 0 aromatic carbocycles. The highest BCUT2D eigenvalue weighted by Gasteiger charge is 2.27. The quantitative estimate of drug-likeness (QED) is 0.0211. The second kappa shape index (κ2) is 56.4. The van der Waals surface area contributed by atoms with Crippen LogP contribution in [0.3, 0.4) is 0 Å². The Labute approximate surface area is 467 Å². The molecule has 9 nitrogen and oxygen atoms in total. The summed E-state index contributed by atoms with van der Waals surface area (Å²) in [5.41, 5.74) is 0. The van der Waals surface area contributed by atoms with Crippen molar-refractivity contribution < 1.29 is 42.1 Å². The van der Waals surface area contributed by atoms with E-state index >= 15 is 0 Å². The Kier molecular flexibility index (Phi) is 53.9. The monoisotopic (exact) mass is 1080 g/mol.